The van der Waals surface area contributed by atoms with E-state index in [-0.39, 0.29) is 17.3 Å². The van der Waals surface area contributed by atoms with Gasteiger partial charge in [0, 0.05) is 13.6 Å². The first-order chi connectivity index (χ1) is 17.4. The number of aryl methyl sites for hydroxylation is 4. The highest BCUT2D eigenvalue weighted by atomic mass is 32.2. The number of nitrogens with zero attached hydrogens (tertiary/aromatic N) is 2. The van der Waals surface area contributed by atoms with E-state index in [9.17, 15) is 18.0 Å². The molecule has 3 aromatic rings. The number of anilines is 1. The number of benzene rings is 3. The van der Waals surface area contributed by atoms with Gasteiger partial charge >= 0.3 is 0 Å². The van der Waals surface area contributed by atoms with Crippen molar-refractivity contribution in [1.82, 2.24) is 10.2 Å². The second-order valence-electron chi connectivity index (χ2n) is 9.42. The molecule has 37 heavy (non-hydrogen) atoms. The van der Waals surface area contributed by atoms with Gasteiger partial charge in [-0.25, -0.2) is 8.42 Å². The maximum absolute atomic E-state index is 13.9. The molecule has 0 aromatic heterocycles. The average molecular weight is 522 g/mol. The van der Waals surface area contributed by atoms with Crippen LogP contribution in [0.5, 0.6) is 0 Å². The Morgan fingerprint density at radius 1 is 0.865 bits per heavy atom. The van der Waals surface area contributed by atoms with Crippen molar-refractivity contribution in [2.45, 2.75) is 52.1 Å². The van der Waals surface area contributed by atoms with Crippen LogP contribution in [0, 0.1) is 27.7 Å². The minimum absolute atomic E-state index is 0.0939. The zero-order valence-corrected chi connectivity index (χ0v) is 23.1. The van der Waals surface area contributed by atoms with Gasteiger partial charge in [0.15, 0.2) is 0 Å². The summed E-state index contributed by atoms with van der Waals surface area (Å²) in [5.41, 5.74) is 4.82. The molecular formula is C29H35N3O4S. The van der Waals surface area contributed by atoms with E-state index in [4.69, 9.17) is 0 Å². The number of carbonyl (C=O) groups excluding carboxylic acids is 2. The maximum atomic E-state index is 13.9. The van der Waals surface area contributed by atoms with Crippen LogP contribution in [0.3, 0.4) is 0 Å². The summed E-state index contributed by atoms with van der Waals surface area (Å²) in [5.74, 6) is -0.810. The fourth-order valence-electron chi connectivity index (χ4n) is 4.14. The van der Waals surface area contributed by atoms with Crippen LogP contribution < -0.4 is 9.62 Å². The van der Waals surface area contributed by atoms with Crippen molar-refractivity contribution in [2.24, 2.45) is 0 Å². The zero-order chi connectivity index (χ0) is 27.3. The summed E-state index contributed by atoms with van der Waals surface area (Å²) in [6.45, 7) is 8.88. The van der Waals surface area contributed by atoms with Gasteiger partial charge in [-0.05, 0) is 69.5 Å². The molecule has 0 bridgehead atoms. The highest BCUT2D eigenvalue weighted by molar-refractivity contribution is 7.92. The van der Waals surface area contributed by atoms with Crippen LogP contribution in [0.25, 0.3) is 0 Å². The Labute approximate surface area is 220 Å². The molecule has 0 unspecified atom stereocenters. The van der Waals surface area contributed by atoms with Gasteiger partial charge in [0.05, 0.1) is 10.6 Å². The summed E-state index contributed by atoms with van der Waals surface area (Å²) in [4.78, 5) is 27.9. The van der Waals surface area contributed by atoms with E-state index in [2.05, 4.69) is 5.32 Å². The number of hydrogen-bond acceptors (Lipinski definition) is 4. The van der Waals surface area contributed by atoms with Crippen molar-refractivity contribution in [2.75, 3.05) is 17.9 Å². The molecule has 1 N–H and O–H groups in total. The number of sulfonamides is 1. The Morgan fingerprint density at radius 2 is 1.49 bits per heavy atom. The topological polar surface area (TPSA) is 86.8 Å². The van der Waals surface area contributed by atoms with Crippen LogP contribution in [-0.4, -0.2) is 44.8 Å². The Balaban J connectivity index is 2.08. The third-order valence-corrected chi connectivity index (χ3v) is 8.14. The first kappa shape index (κ1) is 27.9. The van der Waals surface area contributed by atoms with E-state index in [0.29, 0.717) is 5.69 Å². The Hall–Kier alpha value is -3.65. The molecule has 0 aliphatic heterocycles. The van der Waals surface area contributed by atoms with Gasteiger partial charge in [-0.15, -0.1) is 0 Å². The second-order valence-corrected chi connectivity index (χ2v) is 11.3. The van der Waals surface area contributed by atoms with Crippen LogP contribution in [-0.2, 0) is 26.2 Å². The number of rotatable bonds is 9. The molecule has 1 atom stereocenters. The maximum Gasteiger partial charge on any atom is 0.264 e. The fraction of sp³-hybridized carbons (Fsp3) is 0.310. The predicted molar refractivity (Wildman–Crippen MR) is 147 cm³/mol. The minimum atomic E-state index is -4.08. The van der Waals surface area contributed by atoms with E-state index in [1.54, 1.807) is 37.3 Å². The van der Waals surface area contributed by atoms with Crippen molar-refractivity contribution in [3.63, 3.8) is 0 Å². The number of nitrogens with one attached hydrogen (secondary N) is 1. The molecule has 8 heteroatoms. The zero-order valence-electron chi connectivity index (χ0n) is 22.3. The van der Waals surface area contributed by atoms with E-state index in [1.807, 2.05) is 64.1 Å². The molecule has 0 spiro atoms. The van der Waals surface area contributed by atoms with Gasteiger partial charge < -0.3 is 10.2 Å². The summed E-state index contributed by atoms with van der Waals surface area (Å²) in [6.07, 6.45) is 0. The molecule has 3 aromatic carbocycles. The molecule has 0 saturated heterocycles. The lowest BCUT2D eigenvalue weighted by atomic mass is 10.1. The minimum Gasteiger partial charge on any atom is -0.357 e. The number of hydrogen-bond donors (Lipinski definition) is 1. The summed E-state index contributed by atoms with van der Waals surface area (Å²) >= 11 is 0. The van der Waals surface area contributed by atoms with Crippen molar-refractivity contribution in [1.29, 1.82) is 0 Å². The lowest BCUT2D eigenvalue weighted by Crippen LogP contribution is -2.50. The van der Waals surface area contributed by atoms with Crippen LogP contribution in [0.15, 0.2) is 71.6 Å². The summed E-state index contributed by atoms with van der Waals surface area (Å²) in [6, 6.07) is 18.9. The average Bonchev–Trinajstić information content (AvgIpc) is 2.86. The molecule has 0 saturated carbocycles. The van der Waals surface area contributed by atoms with Crippen LogP contribution in [0.4, 0.5) is 5.69 Å². The quantitative estimate of drug-likeness (QED) is 0.455. The van der Waals surface area contributed by atoms with E-state index in [0.717, 1.165) is 32.1 Å². The fourth-order valence-corrected chi connectivity index (χ4v) is 5.61. The van der Waals surface area contributed by atoms with Crippen molar-refractivity contribution >= 4 is 27.5 Å². The molecule has 0 radical (unpaired) electrons. The summed E-state index contributed by atoms with van der Waals surface area (Å²) < 4.78 is 29.0. The molecule has 2 amide bonds. The normalized spacial score (nSPS) is 12.1. The highest BCUT2D eigenvalue weighted by Crippen LogP contribution is 2.28. The predicted octanol–water partition coefficient (Wildman–Crippen LogP) is 4.28. The molecule has 0 heterocycles. The summed E-state index contributed by atoms with van der Waals surface area (Å²) in [5, 5.41) is 2.60. The number of likely N-dealkylation sites (N-methyl/N-ethyl adjacent to an activating group) is 1. The first-order valence-corrected chi connectivity index (χ1v) is 13.6. The lowest BCUT2D eigenvalue weighted by Gasteiger charge is -2.32. The van der Waals surface area contributed by atoms with Crippen LogP contribution in [0.1, 0.15) is 34.7 Å². The standard InChI is InChI=1S/C29H35N3O4S/c1-20-11-14-26(15-12-20)37(35,36)32(27-17-22(3)10-13-23(27)4)19-28(33)31(24(5)29(34)30-6)18-25-9-7-8-21(2)16-25/h7-17,24H,18-19H2,1-6H3,(H,30,34)/t24-/m1/s1. The van der Waals surface area contributed by atoms with E-state index >= 15 is 0 Å². The smallest absolute Gasteiger partial charge is 0.264 e. The molecule has 0 aliphatic rings. The second kappa shape index (κ2) is 11.6. The van der Waals surface area contributed by atoms with Crippen molar-refractivity contribution < 1.29 is 18.0 Å². The monoisotopic (exact) mass is 521 g/mol. The third-order valence-electron chi connectivity index (χ3n) is 6.37. The lowest BCUT2D eigenvalue weighted by molar-refractivity contribution is -0.139. The number of carbonyl (C=O) groups is 2. The van der Waals surface area contributed by atoms with Crippen molar-refractivity contribution in [3.05, 3.63) is 94.5 Å². The number of amides is 2. The van der Waals surface area contributed by atoms with Crippen LogP contribution in [0.2, 0.25) is 0 Å². The third kappa shape index (κ3) is 6.57. The van der Waals surface area contributed by atoms with E-state index < -0.39 is 28.5 Å². The molecule has 0 aliphatic carbocycles. The molecule has 7 nitrogen and oxygen atoms in total. The first-order valence-electron chi connectivity index (χ1n) is 12.2. The molecule has 0 fully saturated rings. The van der Waals surface area contributed by atoms with Gasteiger partial charge in [-0.1, -0.05) is 59.7 Å². The van der Waals surface area contributed by atoms with Gasteiger partial charge in [-0.2, -0.15) is 0 Å². The SMILES string of the molecule is CNC(=O)[C@@H](C)N(Cc1cccc(C)c1)C(=O)CN(c1cc(C)ccc1C)S(=O)(=O)c1ccc(C)cc1. The van der Waals surface area contributed by atoms with Gasteiger partial charge in [0.2, 0.25) is 11.8 Å². The molecule has 196 valence electrons. The Kier molecular flexibility index (Phi) is 8.76. The van der Waals surface area contributed by atoms with Crippen LogP contribution >= 0.6 is 0 Å². The molecular weight excluding hydrogens is 486 g/mol. The molecule has 3 rings (SSSR count). The largest absolute Gasteiger partial charge is 0.357 e. The van der Waals surface area contributed by atoms with Gasteiger partial charge in [0.1, 0.15) is 12.6 Å². The Bertz CT molecular complexity index is 1380. The van der Waals surface area contributed by atoms with E-state index in [1.165, 1.54) is 11.9 Å². The summed E-state index contributed by atoms with van der Waals surface area (Å²) in [7, 11) is -2.57. The van der Waals surface area contributed by atoms with Gasteiger partial charge in [0.25, 0.3) is 10.0 Å². The Morgan fingerprint density at radius 3 is 2.11 bits per heavy atom. The van der Waals surface area contributed by atoms with Crippen molar-refractivity contribution in [3.8, 4) is 0 Å². The van der Waals surface area contributed by atoms with Gasteiger partial charge in [-0.3, -0.25) is 13.9 Å². The highest BCUT2D eigenvalue weighted by Gasteiger charge is 2.33.